The predicted molar refractivity (Wildman–Crippen MR) is 86.5 cm³/mol. The van der Waals surface area contributed by atoms with E-state index in [0.717, 1.165) is 25.9 Å². The minimum atomic E-state index is -3.16. The van der Waals surface area contributed by atoms with Gasteiger partial charge in [-0.1, -0.05) is 19.1 Å². The minimum absolute atomic E-state index is 0. The first-order chi connectivity index (χ1) is 9.52. The summed E-state index contributed by atoms with van der Waals surface area (Å²) in [5, 5.41) is 3.24. The highest BCUT2D eigenvalue weighted by Gasteiger charge is 2.63. The minimum Gasteiger partial charge on any atom is -0.316 e. The van der Waals surface area contributed by atoms with E-state index in [2.05, 4.69) is 23.0 Å². The smallest absolute Gasteiger partial charge is 0.235 e. The van der Waals surface area contributed by atoms with Crippen molar-refractivity contribution in [1.29, 1.82) is 0 Å². The summed E-state index contributed by atoms with van der Waals surface area (Å²) in [6.07, 6.45) is 1.59. The summed E-state index contributed by atoms with van der Waals surface area (Å²) in [6.45, 7) is 4.47. The van der Waals surface area contributed by atoms with Gasteiger partial charge in [-0.25, -0.2) is 8.42 Å². The van der Waals surface area contributed by atoms with Crippen molar-refractivity contribution >= 4 is 28.1 Å². The molecule has 1 aliphatic heterocycles. The first kappa shape index (κ1) is 15.1. The van der Waals surface area contributed by atoms with E-state index in [9.17, 15) is 8.42 Å². The molecule has 0 radical (unpaired) electrons. The van der Waals surface area contributed by atoms with Crippen LogP contribution in [0.4, 0.5) is 5.69 Å². The fourth-order valence-corrected chi connectivity index (χ4v) is 5.15. The molecule has 2 saturated carbocycles. The molecule has 0 amide bonds. The van der Waals surface area contributed by atoms with Crippen LogP contribution in [0.5, 0.6) is 0 Å². The molecule has 3 fully saturated rings. The van der Waals surface area contributed by atoms with Crippen LogP contribution < -0.4 is 10.0 Å². The Morgan fingerprint density at radius 2 is 1.90 bits per heavy atom. The van der Waals surface area contributed by atoms with Gasteiger partial charge in [0.2, 0.25) is 10.0 Å². The molecule has 4 rings (SSSR count). The molecule has 1 heterocycles. The molecule has 0 spiro atoms. The van der Waals surface area contributed by atoms with E-state index < -0.39 is 10.0 Å². The maximum absolute atomic E-state index is 12.0. The second-order valence-corrected chi connectivity index (χ2v) is 8.54. The van der Waals surface area contributed by atoms with Crippen LogP contribution in [0.1, 0.15) is 25.3 Å². The molecule has 1 unspecified atom stereocenters. The highest BCUT2D eigenvalue weighted by Crippen LogP contribution is 2.61. The highest BCUT2D eigenvalue weighted by molar-refractivity contribution is 7.93. The second-order valence-electron chi connectivity index (χ2n) is 6.58. The number of rotatable bonds is 4. The van der Waals surface area contributed by atoms with E-state index in [-0.39, 0.29) is 23.1 Å². The van der Waals surface area contributed by atoms with Gasteiger partial charge in [-0.05, 0) is 55.5 Å². The number of halogens is 1. The number of anilines is 1. The molecule has 3 atom stereocenters. The summed E-state index contributed by atoms with van der Waals surface area (Å²) < 4.78 is 26.8. The Labute approximate surface area is 132 Å². The third-order valence-electron chi connectivity index (χ3n) is 5.35. The quantitative estimate of drug-likeness (QED) is 0.890. The van der Waals surface area contributed by atoms with Crippen molar-refractivity contribution in [1.82, 2.24) is 5.32 Å². The Kier molecular flexibility index (Phi) is 3.50. The SMILES string of the molecule is CC1(c2cccc(NS(=O)(=O)C3CC3)c2)[C@@H]2CNC[C@@H]21.Cl. The van der Waals surface area contributed by atoms with Gasteiger partial charge in [0.05, 0.1) is 5.25 Å². The molecule has 4 nitrogen and oxygen atoms in total. The van der Waals surface area contributed by atoms with Gasteiger partial charge in [0.15, 0.2) is 0 Å². The first-order valence-electron chi connectivity index (χ1n) is 7.35. The maximum atomic E-state index is 12.0. The number of benzene rings is 1. The third-order valence-corrected chi connectivity index (χ3v) is 7.22. The summed E-state index contributed by atoms with van der Waals surface area (Å²) in [7, 11) is -3.16. The van der Waals surface area contributed by atoms with E-state index in [1.807, 2.05) is 18.2 Å². The monoisotopic (exact) mass is 328 g/mol. The van der Waals surface area contributed by atoms with Gasteiger partial charge >= 0.3 is 0 Å². The highest BCUT2D eigenvalue weighted by atomic mass is 35.5. The topological polar surface area (TPSA) is 58.2 Å². The number of hydrogen-bond acceptors (Lipinski definition) is 3. The fraction of sp³-hybridized carbons (Fsp3) is 0.600. The van der Waals surface area contributed by atoms with Gasteiger partial charge in [-0.15, -0.1) is 12.4 Å². The van der Waals surface area contributed by atoms with Crippen molar-refractivity contribution in [2.45, 2.75) is 30.4 Å². The number of hydrogen-bond donors (Lipinski definition) is 2. The zero-order chi connectivity index (χ0) is 14.0. The first-order valence-corrected chi connectivity index (χ1v) is 8.89. The van der Waals surface area contributed by atoms with Gasteiger partial charge in [0, 0.05) is 11.1 Å². The van der Waals surface area contributed by atoms with Gasteiger partial charge in [0.1, 0.15) is 0 Å². The Balaban J connectivity index is 0.00000132. The molecule has 3 aliphatic rings. The van der Waals surface area contributed by atoms with Crippen LogP contribution in [-0.2, 0) is 15.4 Å². The molecule has 0 aromatic heterocycles. The molecule has 21 heavy (non-hydrogen) atoms. The Hall–Kier alpha value is -0.780. The zero-order valence-corrected chi connectivity index (χ0v) is 13.6. The van der Waals surface area contributed by atoms with Crippen molar-refractivity contribution < 1.29 is 8.42 Å². The van der Waals surface area contributed by atoms with Gasteiger partial charge in [-0.2, -0.15) is 0 Å². The van der Waals surface area contributed by atoms with Crippen LogP contribution in [-0.4, -0.2) is 26.8 Å². The van der Waals surface area contributed by atoms with Crippen molar-refractivity contribution in [3.63, 3.8) is 0 Å². The lowest BCUT2D eigenvalue weighted by Gasteiger charge is -2.17. The molecule has 6 heteroatoms. The molecule has 1 aromatic carbocycles. The zero-order valence-electron chi connectivity index (χ0n) is 12.0. The van der Waals surface area contributed by atoms with Crippen molar-refractivity contribution in [2.24, 2.45) is 11.8 Å². The number of nitrogens with one attached hydrogen (secondary N) is 2. The molecule has 116 valence electrons. The summed E-state index contributed by atoms with van der Waals surface area (Å²) in [6, 6.07) is 7.97. The lowest BCUT2D eigenvalue weighted by atomic mass is 9.92. The Bertz CT molecular complexity index is 647. The van der Waals surface area contributed by atoms with E-state index in [1.54, 1.807) is 0 Å². The third kappa shape index (κ3) is 2.35. The Morgan fingerprint density at radius 3 is 2.52 bits per heavy atom. The maximum Gasteiger partial charge on any atom is 0.235 e. The van der Waals surface area contributed by atoms with Gasteiger partial charge < -0.3 is 5.32 Å². The molecule has 1 aromatic rings. The molecular weight excluding hydrogens is 308 g/mol. The van der Waals surface area contributed by atoms with Crippen LogP contribution in [0, 0.1) is 11.8 Å². The molecular formula is C15H21ClN2O2S. The van der Waals surface area contributed by atoms with E-state index in [1.165, 1.54) is 5.56 Å². The fourth-order valence-electron chi connectivity index (χ4n) is 3.77. The molecule has 2 N–H and O–H groups in total. The molecule has 2 aliphatic carbocycles. The van der Waals surface area contributed by atoms with E-state index in [0.29, 0.717) is 17.5 Å². The normalized spacial score (nSPS) is 34.0. The number of piperidine rings is 1. The second kappa shape index (κ2) is 4.86. The average molecular weight is 329 g/mol. The lowest BCUT2D eigenvalue weighted by Crippen LogP contribution is -2.23. The standard InChI is InChI=1S/C15H20N2O2S.ClH/c1-15(13-8-16-9-14(13)15)10-3-2-4-11(7-10)17-20(18,19)12-5-6-12;/h2-4,7,12-14,16-17H,5-6,8-9H2,1H3;1H/t13-,14+,15?;. The molecule has 1 saturated heterocycles. The number of sulfonamides is 1. The van der Waals surface area contributed by atoms with Gasteiger partial charge in [-0.3, -0.25) is 4.72 Å². The average Bonchev–Trinajstić information content (AvgIpc) is 3.29. The Morgan fingerprint density at radius 1 is 1.24 bits per heavy atom. The van der Waals surface area contributed by atoms with E-state index >= 15 is 0 Å². The summed E-state index contributed by atoms with van der Waals surface area (Å²) in [5.41, 5.74) is 2.21. The largest absolute Gasteiger partial charge is 0.316 e. The predicted octanol–water partition coefficient (Wildman–Crippen LogP) is 2.12. The van der Waals surface area contributed by atoms with Crippen LogP contribution in [0.25, 0.3) is 0 Å². The lowest BCUT2D eigenvalue weighted by molar-refractivity contribution is 0.558. The van der Waals surface area contributed by atoms with Crippen molar-refractivity contribution in [3.8, 4) is 0 Å². The van der Waals surface area contributed by atoms with Crippen LogP contribution >= 0.6 is 12.4 Å². The van der Waals surface area contributed by atoms with Crippen molar-refractivity contribution in [2.75, 3.05) is 17.8 Å². The summed E-state index contributed by atoms with van der Waals surface area (Å²) >= 11 is 0. The van der Waals surface area contributed by atoms with Crippen molar-refractivity contribution in [3.05, 3.63) is 29.8 Å². The van der Waals surface area contributed by atoms with Gasteiger partial charge in [0.25, 0.3) is 0 Å². The summed E-state index contributed by atoms with van der Waals surface area (Å²) in [4.78, 5) is 0. The number of fused-ring (bicyclic) bond motifs is 1. The van der Waals surface area contributed by atoms with Crippen LogP contribution in [0.15, 0.2) is 24.3 Å². The molecule has 0 bridgehead atoms. The van der Waals surface area contributed by atoms with Crippen LogP contribution in [0.2, 0.25) is 0 Å². The van der Waals surface area contributed by atoms with E-state index in [4.69, 9.17) is 0 Å². The summed E-state index contributed by atoms with van der Waals surface area (Å²) in [5.74, 6) is 1.41. The van der Waals surface area contributed by atoms with Crippen LogP contribution in [0.3, 0.4) is 0 Å².